The highest BCUT2D eigenvalue weighted by atomic mass is 16.1. The van der Waals surface area contributed by atoms with Crippen LogP contribution in [0.3, 0.4) is 0 Å². The van der Waals surface area contributed by atoms with Gasteiger partial charge >= 0.3 is 0 Å². The van der Waals surface area contributed by atoms with E-state index in [9.17, 15) is 4.79 Å². The molecule has 4 heterocycles. The molecular weight excluding hydrogens is 454 g/mol. The van der Waals surface area contributed by atoms with Gasteiger partial charge in [0.1, 0.15) is 11.5 Å². The Morgan fingerprint density at radius 3 is 2.86 bits per heavy atom. The third-order valence-electron chi connectivity index (χ3n) is 7.33. The monoisotopic (exact) mass is 483 g/mol. The minimum Gasteiger partial charge on any atom is -0.367 e. The van der Waals surface area contributed by atoms with Gasteiger partial charge in [-0.3, -0.25) is 15.6 Å². The number of nitrogens with zero attached hydrogens (tertiary/aromatic N) is 4. The van der Waals surface area contributed by atoms with E-state index in [-0.39, 0.29) is 5.91 Å². The number of carbonyl (C=O) groups is 1. The maximum Gasteiger partial charge on any atom is 0.272 e. The normalized spacial score (nSPS) is 21.3. The molecule has 10 nitrogen and oxygen atoms in total. The predicted octanol–water partition coefficient (Wildman–Crippen LogP) is 3.34. The molecule has 4 aromatic rings. The molecule has 3 aromatic heterocycles. The Balaban J connectivity index is 1.24. The zero-order chi connectivity index (χ0) is 24.6. The molecule has 1 saturated carbocycles. The Labute approximate surface area is 208 Å². The molecule has 0 radical (unpaired) electrons. The van der Waals surface area contributed by atoms with E-state index in [1.165, 1.54) is 12.4 Å². The van der Waals surface area contributed by atoms with Gasteiger partial charge in [0, 0.05) is 46.4 Å². The summed E-state index contributed by atoms with van der Waals surface area (Å²) in [6.45, 7) is 5.12. The average molecular weight is 484 g/mol. The van der Waals surface area contributed by atoms with Crippen LogP contribution in [0.25, 0.3) is 22.3 Å². The predicted molar refractivity (Wildman–Crippen MR) is 138 cm³/mol. The van der Waals surface area contributed by atoms with Gasteiger partial charge in [0.15, 0.2) is 5.82 Å². The van der Waals surface area contributed by atoms with Crippen molar-refractivity contribution >= 4 is 28.3 Å². The zero-order valence-corrected chi connectivity index (χ0v) is 20.3. The molecule has 10 heteroatoms. The second kappa shape index (κ2) is 9.29. The molecule has 36 heavy (non-hydrogen) atoms. The quantitative estimate of drug-likeness (QED) is 0.292. The number of fused-ring (bicyclic) bond motifs is 2. The fourth-order valence-corrected chi connectivity index (χ4v) is 5.18. The Kier molecular flexibility index (Phi) is 5.82. The molecule has 5 N–H and O–H groups in total. The first-order chi connectivity index (χ1) is 17.5. The fourth-order valence-electron chi connectivity index (χ4n) is 5.18. The summed E-state index contributed by atoms with van der Waals surface area (Å²) < 4.78 is 0. The SMILES string of the molecule is Cc1nc(-c2ccc3cc(C(=O)Nc4ccnnc4)[nH]c3c2)nc(NC2CCC3NNCC3C2)c1C. The van der Waals surface area contributed by atoms with E-state index < -0.39 is 0 Å². The van der Waals surface area contributed by atoms with Crippen molar-refractivity contribution in [3.05, 3.63) is 59.7 Å². The highest BCUT2D eigenvalue weighted by molar-refractivity contribution is 6.06. The number of benzene rings is 1. The minimum atomic E-state index is -0.239. The van der Waals surface area contributed by atoms with Gasteiger partial charge in [-0.2, -0.15) is 10.2 Å². The molecule has 1 aliphatic heterocycles. The Bertz CT molecular complexity index is 1420. The van der Waals surface area contributed by atoms with Crippen molar-refractivity contribution in [1.29, 1.82) is 0 Å². The van der Waals surface area contributed by atoms with Crippen LogP contribution in [0.15, 0.2) is 42.7 Å². The first kappa shape index (κ1) is 22.6. The number of H-pyrrole nitrogens is 1. The van der Waals surface area contributed by atoms with Crippen molar-refractivity contribution in [3.8, 4) is 11.4 Å². The lowest BCUT2D eigenvalue weighted by Gasteiger charge is -2.32. The molecule has 2 aliphatic rings. The molecule has 184 valence electrons. The summed E-state index contributed by atoms with van der Waals surface area (Å²) in [6, 6.07) is 10.5. The van der Waals surface area contributed by atoms with Crippen LogP contribution in [-0.2, 0) is 0 Å². The number of nitrogens with one attached hydrogen (secondary N) is 5. The van der Waals surface area contributed by atoms with Crippen molar-refractivity contribution < 1.29 is 4.79 Å². The first-order valence-electron chi connectivity index (χ1n) is 12.3. The van der Waals surface area contributed by atoms with Crippen LogP contribution < -0.4 is 21.5 Å². The largest absolute Gasteiger partial charge is 0.367 e. The van der Waals surface area contributed by atoms with Gasteiger partial charge in [-0.1, -0.05) is 12.1 Å². The lowest BCUT2D eigenvalue weighted by Crippen LogP contribution is -2.39. The van der Waals surface area contributed by atoms with Gasteiger partial charge < -0.3 is 15.6 Å². The van der Waals surface area contributed by atoms with Gasteiger partial charge in [0.2, 0.25) is 0 Å². The third-order valence-corrected chi connectivity index (χ3v) is 7.33. The van der Waals surface area contributed by atoms with Crippen molar-refractivity contribution in [2.45, 2.75) is 45.2 Å². The molecule has 1 saturated heterocycles. The second-order valence-electron chi connectivity index (χ2n) is 9.72. The van der Waals surface area contributed by atoms with Gasteiger partial charge in [-0.25, -0.2) is 9.97 Å². The van der Waals surface area contributed by atoms with Crippen LogP contribution in [0.2, 0.25) is 0 Å². The molecule has 3 unspecified atom stereocenters. The third kappa shape index (κ3) is 4.40. The van der Waals surface area contributed by atoms with Gasteiger partial charge in [-0.05, 0) is 57.2 Å². The number of amides is 1. The van der Waals surface area contributed by atoms with Crippen LogP contribution in [0, 0.1) is 19.8 Å². The number of aromatic amines is 1. The van der Waals surface area contributed by atoms with Crippen molar-refractivity contribution in [1.82, 2.24) is 36.0 Å². The Hall–Kier alpha value is -3.89. The molecule has 1 aliphatic carbocycles. The summed E-state index contributed by atoms with van der Waals surface area (Å²) in [7, 11) is 0. The standard InChI is InChI=1S/C26H29N9O/c1-14-15(2)30-25(34-24(14)31-19-5-6-21-18(9-19)12-29-35-21)17-4-3-16-10-23(33-22(16)11-17)26(36)32-20-7-8-27-28-13-20/h3-4,7-8,10-11,13,18-19,21,29,33,35H,5-6,9,12H2,1-2H3,(H,27,32,36)(H,30,31,34). The van der Waals surface area contributed by atoms with Gasteiger partial charge in [0.05, 0.1) is 18.1 Å². The van der Waals surface area contributed by atoms with E-state index in [1.807, 2.05) is 31.2 Å². The lowest BCUT2D eigenvalue weighted by molar-refractivity contribution is 0.102. The summed E-state index contributed by atoms with van der Waals surface area (Å²) >= 11 is 0. The summed E-state index contributed by atoms with van der Waals surface area (Å²) in [5, 5.41) is 15.0. The summed E-state index contributed by atoms with van der Waals surface area (Å²) in [6.07, 6.45) is 6.44. The number of hydrogen-bond acceptors (Lipinski definition) is 8. The minimum absolute atomic E-state index is 0.239. The van der Waals surface area contributed by atoms with Crippen molar-refractivity contribution in [2.75, 3.05) is 17.2 Å². The number of hydrogen-bond donors (Lipinski definition) is 5. The molecule has 3 atom stereocenters. The summed E-state index contributed by atoms with van der Waals surface area (Å²) in [5.74, 6) is 1.98. The molecule has 0 spiro atoms. The van der Waals surface area contributed by atoms with Crippen molar-refractivity contribution in [2.24, 2.45) is 5.92 Å². The smallest absolute Gasteiger partial charge is 0.272 e. The van der Waals surface area contributed by atoms with Crippen LogP contribution in [0.1, 0.15) is 41.0 Å². The molecular formula is C26H29N9O. The highest BCUT2D eigenvalue weighted by Crippen LogP contribution is 2.31. The van der Waals surface area contributed by atoms with Gasteiger partial charge in [-0.15, -0.1) is 0 Å². The maximum absolute atomic E-state index is 12.7. The van der Waals surface area contributed by atoms with E-state index in [4.69, 9.17) is 9.97 Å². The Morgan fingerprint density at radius 2 is 2.00 bits per heavy atom. The second-order valence-corrected chi connectivity index (χ2v) is 9.72. The van der Waals surface area contributed by atoms with Gasteiger partial charge in [0.25, 0.3) is 5.91 Å². The maximum atomic E-state index is 12.7. The number of hydrazine groups is 1. The number of aromatic nitrogens is 5. The van der Waals surface area contributed by atoms with Crippen LogP contribution >= 0.6 is 0 Å². The number of anilines is 2. The van der Waals surface area contributed by atoms with Crippen molar-refractivity contribution in [3.63, 3.8) is 0 Å². The van der Waals surface area contributed by atoms with E-state index in [2.05, 4.69) is 43.6 Å². The summed E-state index contributed by atoms with van der Waals surface area (Å²) in [4.78, 5) is 25.6. The van der Waals surface area contributed by atoms with Crippen LogP contribution in [0.4, 0.5) is 11.5 Å². The molecule has 1 amide bonds. The lowest BCUT2D eigenvalue weighted by atomic mass is 9.83. The fraction of sp³-hybridized carbons (Fsp3) is 0.346. The Morgan fingerprint density at radius 1 is 1.08 bits per heavy atom. The molecule has 6 rings (SSSR count). The number of aryl methyl sites for hydroxylation is 1. The number of carbonyl (C=O) groups excluding carboxylic acids is 1. The zero-order valence-electron chi connectivity index (χ0n) is 20.3. The van der Waals surface area contributed by atoms with E-state index >= 15 is 0 Å². The van der Waals surface area contributed by atoms with Crippen LogP contribution in [-0.4, -0.2) is 49.7 Å². The molecule has 2 fully saturated rings. The summed E-state index contributed by atoms with van der Waals surface area (Å²) in [5.41, 5.74) is 11.5. The number of rotatable bonds is 5. The highest BCUT2D eigenvalue weighted by Gasteiger charge is 2.34. The first-order valence-corrected chi connectivity index (χ1v) is 12.3. The van der Waals surface area contributed by atoms with Crippen LogP contribution in [0.5, 0.6) is 0 Å². The topological polar surface area (TPSA) is 133 Å². The van der Waals surface area contributed by atoms with E-state index in [0.29, 0.717) is 35.2 Å². The average Bonchev–Trinajstić information content (AvgIpc) is 3.53. The van der Waals surface area contributed by atoms with E-state index in [0.717, 1.165) is 59.3 Å². The van der Waals surface area contributed by atoms with E-state index in [1.54, 1.807) is 6.07 Å². The molecule has 1 aromatic carbocycles. The molecule has 0 bridgehead atoms.